The fourth-order valence-corrected chi connectivity index (χ4v) is 1.87. The van der Waals surface area contributed by atoms with E-state index in [1.54, 1.807) is 7.05 Å². The Kier molecular flexibility index (Phi) is 5.96. The third-order valence-corrected chi connectivity index (χ3v) is 3.23. The summed E-state index contributed by atoms with van der Waals surface area (Å²) >= 11 is 0. The molecule has 1 rings (SSSR count). The molecule has 0 saturated carbocycles. The van der Waals surface area contributed by atoms with Crippen LogP contribution in [0.5, 0.6) is 5.75 Å². The molecule has 1 N–H and O–H groups in total. The molecule has 0 aliphatic heterocycles. The van der Waals surface area contributed by atoms with Crippen molar-refractivity contribution in [1.29, 1.82) is 0 Å². The number of likely N-dealkylation sites (N-methyl/N-ethyl adjacent to an activating group) is 1. The molecule has 0 unspecified atom stereocenters. The summed E-state index contributed by atoms with van der Waals surface area (Å²) < 4.78 is 5.52. The summed E-state index contributed by atoms with van der Waals surface area (Å²) in [6, 6.07) is 7.48. The van der Waals surface area contributed by atoms with Crippen LogP contribution in [0, 0.1) is 0 Å². The zero-order valence-corrected chi connectivity index (χ0v) is 12.8. The molecule has 1 aromatic rings. The number of hydrogen-bond donors (Lipinski definition) is 1. The smallest absolute Gasteiger partial charge is 0.331 e. The quantitative estimate of drug-likeness (QED) is 0.818. The molecule has 5 nitrogen and oxygen atoms in total. The monoisotopic (exact) mass is 291 g/mol. The first-order valence-electron chi connectivity index (χ1n) is 6.75. The van der Waals surface area contributed by atoms with Crippen LogP contribution in [0.15, 0.2) is 35.4 Å². The van der Waals surface area contributed by atoms with Gasteiger partial charge in [-0.15, -0.1) is 0 Å². The van der Waals surface area contributed by atoms with Crippen molar-refractivity contribution in [3.05, 3.63) is 41.0 Å². The summed E-state index contributed by atoms with van der Waals surface area (Å²) in [5.41, 5.74) is 1.18. The van der Waals surface area contributed by atoms with E-state index in [1.807, 2.05) is 31.2 Å². The average molecular weight is 291 g/mol. The SMILES string of the molecule is CCOc1ccccc1CN(C)C(=O)C(C)=C(C)C(=O)O. The second-order valence-corrected chi connectivity index (χ2v) is 4.76. The first-order valence-corrected chi connectivity index (χ1v) is 6.75. The summed E-state index contributed by atoms with van der Waals surface area (Å²) in [6.07, 6.45) is 0. The van der Waals surface area contributed by atoms with Crippen LogP contribution in [-0.4, -0.2) is 35.5 Å². The number of nitrogens with zero attached hydrogens (tertiary/aromatic N) is 1. The third-order valence-electron chi connectivity index (χ3n) is 3.23. The first-order chi connectivity index (χ1) is 9.88. The van der Waals surface area contributed by atoms with Crippen molar-refractivity contribution in [2.75, 3.05) is 13.7 Å². The third kappa shape index (κ3) is 4.34. The maximum absolute atomic E-state index is 12.2. The van der Waals surface area contributed by atoms with Crippen LogP contribution in [-0.2, 0) is 16.1 Å². The van der Waals surface area contributed by atoms with Crippen LogP contribution < -0.4 is 4.74 Å². The number of para-hydroxylation sites is 1. The predicted octanol–water partition coefficient (Wildman–Crippen LogP) is 2.46. The largest absolute Gasteiger partial charge is 0.494 e. The van der Waals surface area contributed by atoms with Crippen LogP contribution in [0.3, 0.4) is 0 Å². The molecule has 0 saturated heterocycles. The van der Waals surface area contributed by atoms with E-state index in [-0.39, 0.29) is 17.1 Å². The minimum absolute atomic E-state index is 0.0601. The number of aliphatic carboxylic acids is 1. The van der Waals surface area contributed by atoms with Gasteiger partial charge in [0.05, 0.1) is 6.61 Å². The van der Waals surface area contributed by atoms with Crippen LogP contribution in [0.25, 0.3) is 0 Å². The van der Waals surface area contributed by atoms with Gasteiger partial charge in [0.25, 0.3) is 0 Å². The first kappa shape index (κ1) is 16.8. The number of amides is 1. The molecular formula is C16H21NO4. The van der Waals surface area contributed by atoms with Gasteiger partial charge in [0, 0.05) is 30.3 Å². The molecule has 5 heteroatoms. The number of carboxylic acid groups (broad SMARTS) is 1. The molecule has 114 valence electrons. The number of benzene rings is 1. The molecule has 0 aromatic heterocycles. The Hall–Kier alpha value is -2.30. The summed E-state index contributed by atoms with van der Waals surface area (Å²) in [4.78, 5) is 24.6. The molecule has 1 amide bonds. The van der Waals surface area contributed by atoms with Crippen LogP contribution in [0.4, 0.5) is 0 Å². The van der Waals surface area contributed by atoms with Gasteiger partial charge in [-0.05, 0) is 26.8 Å². The summed E-state index contributed by atoms with van der Waals surface area (Å²) in [5, 5.41) is 8.94. The molecule has 0 atom stereocenters. The highest BCUT2D eigenvalue weighted by Gasteiger charge is 2.17. The summed E-state index contributed by atoms with van der Waals surface area (Å²) in [6.45, 7) is 5.76. The highest BCUT2D eigenvalue weighted by Crippen LogP contribution is 2.20. The molecule has 0 fully saturated rings. The maximum atomic E-state index is 12.2. The zero-order chi connectivity index (χ0) is 16.0. The van der Waals surface area contributed by atoms with Crippen molar-refractivity contribution in [3.63, 3.8) is 0 Å². The van der Waals surface area contributed by atoms with E-state index in [4.69, 9.17) is 9.84 Å². The number of ether oxygens (including phenoxy) is 1. The van der Waals surface area contributed by atoms with E-state index in [9.17, 15) is 9.59 Å². The number of hydrogen-bond acceptors (Lipinski definition) is 3. The molecule has 0 spiro atoms. The van der Waals surface area contributed by atoms with Crippen LogP contribution >= 0.6 is 0 Å². The minimum atomic E-state index is -1.08. The molecule has 1 aromatic carbocycles. The van der Waals surface area contributed by atoms with Crippen LogP contribution in [0.2, 0.25) is 0 Å². The Bertz CT molecular complexity index is 563. The zero-order valence-electron chi connectivity index (χ0n) is 12.8. The van der Waals surface area contributed by atoms with Gasteiger partial charge in [0.2, 0.25) is 5.91 Å². The fourth-order valence-electron chi connectivity index (χ4n) is 1.87. The van der Waals surface area contributed by atoms with Gasteiger partial charge in [0.1, 0.15) is 5.75 Å². The second-order valence-electron chi connectivity index (χ2n) is 4.76. The summed E-state index contributed by atoms with van der Waals surface area (Å²) in [7, 11) is 1.64. The number of carbonyl (C=O) groups is 2. The lowest BCUT2D eigenvalue weighted by atomic mass is 10.1. The maximum Gasteiger partial charge on any atom is 0.331 e. The lowest BCUT2D eigenvalue weighted by Crippen LogP contribution is -2.28. The number of carbonyl (C=O) groups excluding carboxylic acids is 1. The lowest BCUT2D eigenvalue weighted by molar-refractivity contribution is -0.133. The second kappa shape index (κ2) is 7.47. The van der Waals surface area contributed by atoms with E-state index in [1.165, 1.54) is 18.7 Å². The Morgan fingerprint density at radius 2 is 1.81 bits per heavy atom. The van der Waals surface area contributed by atoms with Crippen molar-refractivity contribution in [1.82, 2.24) is 4.90 Å². The van der Waals surface area contributed by atoms with Crippen molar-refractivity contribution >= 4 is 11.9 Å². The fraction of sp³-hybridized carbons (Fsp3) is 0.375. The Morgan fingerprint density at radius 3 is 2.38 bits per heavy atom. The molecular weight excluding hydrogens is 270 g/mol. The van der Waals surface area contributed by atoms with E-state index < -0.39 is 5.97 Å². The van der Waals surface area contributed by atoms with Crippen molar-refractivity contribution in [3.8, 4) is 5.75 Å². The van der Waals surface area contributed by atoms with E-state index in [0.29, 0.717) is 13.2 Å². The minimum Gasteiger partial charge on any atom is -0.494 e. The van der Waals surface area contributed by atoms with Gasteiger partial charge >= 0.3 is 5.97 Å². The van der Waals surface area contributed by atoms with Gasteiger partial charge in [0.15, 0.2) is 0 Å². The highest BCUT2D eigenvalue weighted by molar-refractivity contribution is 6.01. The highest BCUT2D eigenvalue weighted by atomic mass is 16.5. The van der Waals surface area contributed by atoms with Crippen LogP contribution in [0.1, 0.15) is 26.3 Å². The number of carboxylic acids is 1. The lowest BCUT2D eigenvalue weighted by Gasteiger charge is -2.20. The van der Waals surface area contributed by atoms with Gasteiger partial charge in [-0.3, -0.25) is 4.79 Å². The van der Waals surface area contributed by atoms with Gasteiger partial charge in [-0.1, -0.05) is 18.2 Å². The topological polar surface area (TPSA) is 66.8 Å². The number of rotatable bonds is 6. The average Bonchev–Trinajstić information content (AvgIpc) is 2.47. The van der Waals surface area contributed by atoms with Gasteiger partial charge in [-0.25, -0.2) is 4.79 Å². The molecule has 0 aliphatic carbocycles. The molecule has 0 bridgehead atoms. The molecule has 0 aliphatic rings. The Morgan fingerprint density at radius 1 is 1.19 bits per heavy atom. The van der Waals surface area contributed by atoms with Gasteiger partial charge < -0.3 is 14.7 Å². The molecule has 0 radical (unpaired) electrons. The Balaban J connectivity index is 2.91. The standard InChI is InChI=1S/C16H21NO4/c1-5-21-14-9-7-6-8-13(14)10-17(4)15(18)11(2)12(3)16(19)20/h6-9H,5,10H2,1-4H3,(H,19,20). The summed E-state index contributed by atoms with van der Waals surface area (Å²) in [5.74, 6) is -0.651. The molecule has 0 heterocycles. The Labute approximate surface area is 124 Å². The normalized spacial score (nSPS) is 11.6. The van der Waals surface area contributed by atoms with Crippen molar-refractivity contribution < 1.29 is 19.4 Å². The molecule has 21 heavy (non-hydrogen) atoms. The van der Waals surface area contributed by atoms with E-state index in [0.717, 1.165) is 11.3 Å². The van der Waals surface area contributed by atoms with E-state index >= 15 is 0 Å². The van der Waals surface area contributed by atoms with Gasteiger partial charge in [-0.2, -0.15) is 0 Å². The predicted molar refractivity (Wildman–Crippen MR) is 80.1 cm³/mol. The van der Waals surface area contributed by atoms with Crippen molar-refractivity contribution in [2.24, 2.45) is 0 Å². The van der Waals surface area contributed by atoms with E-state index in [2.05, 4.69) is 0 Å². The van der Waals surface area contributed by atoms with Crippen molar-refractivity contribution in [2.45, 2.75) is 27.3 Å².